The molecule has 0 N–H and O–H groups in total. The minimum atomic E-state index is -0.827. The molecule has 0 bridgehead atoms. The van der Waals surface area contributed by atoms with E-state index in [9.17, 15) is 13.6 Å². The van der Waals surface area contributed by atoms with E-state index in [0.29, 0.717) is 12.1 Å². The molecular formula is C17H15F2NO. The second-order valence-corrected chi connectivity index (χ2v) is 5.32. The molecule has 2 aromatic rings. The number of halogens is 2. The second kappa shape index (κ2) is 5.28. The number of anilines is 1. The van der Waals surface area contributed by atoms with Gasteiger partial charge in [0.05, 0.1) is 0 Å². The van der Waals surface area contributed by atoms with Crippen molar-refractivity contribution in [1.29, 1.82) is 0 Å². The first kappa shape index (κ1) is 13.7. The second-order valence-electron chi connectivity index (χ2n) is 5.32. The lowest BCUT2D eigenvalue weighted by atomic mass is 10.1. The van der Waals surface area contributed by atoms with Gasteiger partial charge in [-0.15, -0.1) is 0 Å². The van der Waals surface area contributed by atoms with Crippen LogP contribution in [0.25, 0.3) is 0 Å². The molecule has 0 aliphatic carbocycles. The lowest BCUT2D eigenvalue weighted by Crippen LogP contribution is -2.19. The van der Waals surface area contributed by atoms with Crippen LogP contribution in [-0.4, -0.2) is 12.3 Å². The molecule has 2 nitrogen and oxygen atoms in total. The third-order valence-corrected chi connectivity index (χ3v) is 3.84. The van der Waals surface area contributed by atoms with E-state index in [1.807, 2.05) is 18.2 Å². The maximum atomic E-state index is 13.3. The van der Waals surface area contributed by atoms with Crippen molar-refractivity contribution in [2.45, 2.75) is 19.9 Å². The Morgan fingerprint density at radius 1 is 1.14 bits per heavy atom. The Labute approximate surface area is 122 Å². The van der Waals surface area contributed by atoms with Crippen LogP contribution < -0.4 is 4.90 Å². The van der Waals surface area contributed by atoms with E-state index in [4.69, 9.17) is 0 Å². The molecule has 108 valence electrons. The van der Waals surface area contributed by atoms with E-state index in [-0.39, 0.29) is 5.78 Å². The van der Waals surface area contributed by atoms with Gasteiger partial charge < -0.3 is 4.90 Å². The molecule has 3 rings (SSSR count). The molecule has 0 saturated carbocycles. The Morgan fingerprint density at radius 2 is 1.95 bits per heavy atom. The van der Waals surface area contributed by atoms with Crippen LogP contribution in [0, 0.1) is 11.6 Å². The Morgan fingerprint density at radius 3 is 2.67 bits per heavy atom. The zero-order chi connectivity index (χ0) is 15.0. The molecule has 0 fully saturated rings. The van der Waals surface area contributed by atoms with Crippen molar-refractivity contribution in [3.8, 4) is 0 Å². The molecule has 2 aromatic carbocycles. The van der Waals surface area contributed by atoms with E-state index in [1.54, 1.807) is 13.0 Å². The topological polar surface area (TPSA) is 20.3 Å². The third-order valence-electron chi connectivity index (χ3n) is 3.84. The summed E-state index contributed by atoms with van der Waals surface area (Å²) >= 11 is 0. The molecule has 0 spiro atoms. The van der Waals surface area contributed by atoms with Crippen molar-refractivity contribution in [3.63, 3.8) is 0 Å². The number of nitrogens with zero attached hydrogens (tertiary/aromatic N) is 1. The number of hydrogen-bond donors (Lipinski definition) is 0. The summed E-state index contributed by atoms with van der Waals surface area (Å²) in [6.45, 7) is 2.90. The summed E-state index contributed by atoms with van der Waals surface area (Å²) in [5.74, 6) is -1.60. The quantitative estimate of drug-likeness (QED) is 0.802. The van der Waals surface area contributed by atoms with Crippen LogP contribution in [0.15, 0.2) is 36.4 Å². The van der Waals surface area contributed by atoms with Gasteiger partial charge in [-0.3, -0.25) is 4.79 Å². The van der Waals surface area contributed by atoms with Crippen LogP contribution in [-0.2, 0) is 13.0 Å². The fourth-order valence-corrected chi connectivity index (χ4v) is 2.71. The van der Waals surface area contributed by atoms with Crippen molar-refractivity contribution in [1.82, 2.24) is 0 Å². The summed E-state index contributed by atoms with van der Waals surface area (Å²) in [4.78, 5) is 13.5. The number of fused-ring (bicyclic) bond motifs is 1. The van der Waals surface area contributed by atoms with E-state index < -0.39 is 11.6 Å². The van der Waals surface area contributed by atoms with Crippen molar-refractivity contribution >= 4 is 11.5 Å². The highest BCUT2D eigenvalue weighted by atomic mass is 19.2. The summed E-state index contributed by atoms with van der Waals surface area (Å²) in [6.07, 6.45) is 0.861. The summed E-state index contributed by atoms with van der Waals surface area (Å²) in [6, 6.07) is 9.64. The zero-order valence-electron chi connectivity index (χ0n) is 11.7. The largest absolute Gasteiger partial charge is 0.367 e. The van der Waals surface area contributed by atoms with Crippen LogP contribution in [0.2, 0.25) is 0 Å². The van der Waals surface area contributed by atoms with Gasteiger partial charge in [-0.25, -0.2) is 8.78 Å². The van der Waals surface area contributed by atoms with Gasteiger partial charge in [0, 0.05) is 24.3 Å². The number of Topliss-reactive ketones (excluding diaryl/α,β-unsaturated/α-hetero) is 1. The first-order chi connectivity index (χ1) is 10.0. The molecular weight excluding hydrogens is 272 g/mol. The fraction of sp³-hybridized carbons (Fsp3) is 0.235. The Kier molecular flexibility index (Phi) is 3.45. The predicted octanol–water partition coefficient (Wildman–Crippen LogP) is 3.73. The summed E-state index contributed by atoms with van der Waals surface area (Å²) in [5, 5.41) is 0. The number of carbonyl (C=O) groups excluding carboxylic acids is 1. The lowest BCUT2D eigenvalue weighted by molar-refractivity contribution is 0.101. The summed E-state index contributed by atoms with van der Waals surface area (Å²) < 4.78 is 26.2. The Hall–Kier alpha value is -2.23. The number of benzene rings is 2. The van der Waals surface area contributed by atoms with Crippen LogP contribution in [0.5, 0.6) is 0 Å². The molecule has 0 amide bonds. The van der Waals surface area contributed by atoms with Crippen LogP contribution in [0.1, 0.15) is 28.4 Å². The molecule has 0 atom stereocenters. The van der Waals surface area contributed by atoms with E-state index in [0.717, 1.165) is 35.8 Å². The number of carbonyl (C=O) groups is 1. The van der Waals surface area contributed by atoms with Gasteiger partial charge in [-0.05, 0) is 54.8 Å². The summed E-state index contributed by atoms with van der Waals surface area (Å²) in [7, 11) is 0. The fourth-order valence-electron chi connectivity index (χ4n) is 2.71. The third kappa shape index (κ3) is 2.66. The average Bonchev–Trinajstić information content (AvgIpc) is 2.85. The normalized spacial score (nSPS) is 13.4. The maximum Gasteiger partial charge on any atom is 0.159 e. The number of rotatable bonds is 3. The van der Waals surface area contributed by atoms with Gasteiger partial charge in [0.25, 0.3) is 0 Å². The monoisotopic (exact) mass is 287 g/mol. The number of ketones is 1. The highest BCUT2D eigenvalue weighted by Crippen LogP contribution is 2.30. The van der Waals surface area contributed by atoms with E-state index >= 15 is 0 Å². The summed E-state index contributed by atoms with van der Waals surface area (Å²) in [5.41, 5.74) is 3.64. The molecule has 21 heavy (non-hydrogen) atoms. The first-order valence-corrected chi connectivity index (χ1v) is 6.87. The Balaban J connectivity index is 1.84. The maximum absolute atomic E-state index is 13.3. The first-order valence-electron chi connectivity index (χ1n) is 6.87. The van der Waals surface area contributed by atoms with Gasteiger partial charge in [0.1, 0.15) is 0 Å². The van der Waals surface area contributed by atoms with E-state index in [2.05, 4.69) is 4.90 Å². The van der Waals surface area contributed by atoms with Gasteiger partial charge in [0.15, 0.2) is 17.4 Å². The molecule has 1 aliphatic heterocycles. The van der Waals surface area contributed by atoms with Gasteiger partial charge >= 0.3 is 0 Å². The van der Waals surface area contributed by atoms with E-state index in [1.165, 1.54) is 6.07 Å². The van der Waals surface area contributed by atoms with Crippen molar-refractivity contribution in [2.75, 3.05) is 11.4 Å². The smallest absolute Gasteiger partial charge is 0.159 e. The molecule has 0 aromatic heterocycles. The minimum Gasteiger partial charge on any atom is -0.367 e. The molecule has 4 heteroatoms. The average molecular weight is 287 g/mol. The Bertz CT molecular complexity index is 712. The number of hydrogen-bond acceptors (Lipinski definition) is 2. The highest BCUT2D eigenvalue weighted by molar-refractivity contribution is 5.94. The zero-order valence-corrected chi connectivity index (χ0v) is 11.7. The standard InChI is InChI=1S/C17H15F2NO/c1-11(21)13-3-5-17-14(9-13)6-7-20(17)10-12-2-4-15(18)16(19)8-12/h2-5,8-9H,6-7,10H2,1H3. The SMILES string of the molecule is CC(=O)c1ccc2c(c1)CCN2Cc1ccc(F)c(F)c1. The molecule has 0 radical (unpaired) electrons. The lowest BCUT2D eigenvalue weighted by Gasteiger charge is -2.19. The van der Waals surface area contributed by atoms with Crippen molar-refractivity contribution in [3.05, 3.63) is 64.7 Å². The van der Waals surface area contributed by atoms with Gasteiger partial charge in [-0.2, -0.15) is 0 Å². The van der Waals surface area contributed by atoms with Gasteiger partial charge in [-0.1, -0.05) is 6.07 Å². The van der Waals surface area contributed by atoms with Crippen LogP contribution >= 0.6 is 0 Å². The molecule has 0 unspecified atom stereocenters. The minimum absolute atomic E-state index is 0.0526. The van der Waals surface area contributed by atoms with Crippen molar-refractivity contribution in [2.24, 2.45) is 0 Å². The predicted molar refractivity (Wildman–Crippen MR) is 77.6 cm³/mol. The highest BCUT2D eigenvalue weighted by Gasteiger charge is 2.20. The van der Waals surface area contributed by atoms with Crippen LogP contribution in [0.4, 0.5) is 14.5 Å². The van der Waals surface area contributed by atoms with Crippen molar-refractivity contribution < 1.29 is 13.6 Å². The van der Waals surface area contributed by atoms with Crippen LogP contribution in [0.3, 0.4) is 0 Å². The molecule has 1 aliphatic rings. The van der Waals surface area contributed by atoms with Gasteiger partial charge in [0.2, 0.25) is 0 Å². The molecule has 1 heterocycles. The molecule has 0 saturated heterocycles.